The summed E-state index contributed by atoms with van der Waals surface area (Å²) in [6, 6.07) is 18.3. The average Bonchev–Trinajstić information content (AvgIpc) is 3.10. The van der Waals surface area contributed by atoms with Crippen molar-refractivity contribution in [2.75, 3.05) is 52.5 Å². The van der Waals surface area contributed by atoms with Crippen molar-refractivity contribution in [2.45, 2.75) is 58.7 Å². The van der Waals surface area contributed by atoms with E-state index in [1.54, 1.807) is 61.5 Å². The molecule has 1 unspecified atom stereocenters. The van der Waals surface area contributed by atoms with Gasteiger partial charge in [-0.3, -0.25) is 9.59 Å². The van der Waals surface area contributed by atoms with E-state index in [0.717, 1.165) is 5.56 Å². The largest absolute Gasteiger partial charge is 0.497 e. The molecule has 1 saturated heterocycles. The van der Waals surface area contributed by atoms with Gasteiger partial charge in [0.2, 0.25) is 0 Å². The molecule has 1 atom stereocenters. The smallest absolute Gasteiger partial charge is 0.410 e. The van der Waals surface area contributed by atoms with Gasteiger partial charge >= 0.3 is 6.09 Å². The second-order valence-electron chi connectivity index (χ2n) is 12.9. The van der Waals surface area contributed by atoms with Gasteiger partial charge < -0.3 is 38.8 Å². The lowest BCUT2D eigenvalue weighted by molar-refractivity contribution is -0.121. The second kappa shape index (κ2) is 16.9. The lowest BCUT2D eigenvalue weighted by Gasteiger charge is -2.35. The molecular weight excluding hydrogens is 626 g/mol. The van der Waals surface area contributed by atoms with Crippen LogP contribution in [0.15, 0.2) is 66.7 Å². The van der Waals surface area contributed by atoms with Crippen LogP contribution in [-0.2, 0) is 16.1 Å². The number of nitrogens with one attached hydrogen (secondary N) is 1. The Bertz CT molecular complexity index is 1560. The number of para-hydroxylation sites is 2. The van der Waals surface area contributed by atoms with E-state index in [2.05, 4.69) is 5.32 Å². The van der Waals surface area contributed by atoms with Gasteiger partial charge in [-0.1, -0.05) is 12.1 Å². The Morgan fingerprint density at radius 1 is 0.878 bits per heavy atom. The zero-order valence-corrected chi connectivity index (χ0v) is 29.6. The third kappa shape index (κ3) is 9.81. The highest BCUT2D eigenvalue weighted by molar-refractivity contribution is 6.16. The van der Waals surface area contributed by atoms with Gasteiger partial charge in [-0.15, -0.1) is 0 Å². The number of rotatable bonds is 14. The first-order valence-electron chi connectivity index (χ1n) is 16.6. The SMILES string of the molecule is CCOc1ccccc1N(Cc1ccc(OC)cc1OC)C(C(=O)NCC1CCN(C(=O)OC(C)(C)C)CC1)C(=O)c1ccc(OC)cc1. The van der Waals surface area contributed by atoms with E-state index >= 15 is 0 Å². The molecule has 11 heteroatoms. The predicted octanol–water partition coefficient (Wildman–Crippen LogP) is 6.13. The van der Waals surface area contributed by atoms with Crippen LogP contribution in [0.5, 0.6) is 23.0 Å². The normalized spacial score (nSPS) is 14.0. The number of anilines is 1. The van der Waals surface area contributed by atoms with E-state index in [1.807, 2.05) is 64.1 Å². The van der Waals surface area contributed by atoms with Crippen molar-refractivity contribution in [3.05, 3.63) is 77.9 Å². The standard InChI is InChI=1S/C38H49N3O8/c1-8-48-32-12-10-9-11-31(32)41(25-28-15-18-30(46-6)23-33(28)47-7)34(35(42)27-13-16-29(45-5)17-14-27)36(43)39-24-26-19-21-40(22-20-26)37(44)49-38(2,3)4/h9-18,23,26,34H,8,19-22,24-25H2,1-7H3,(H,39,43). The Morgan fingerprint density at radius 3 is 2.14 bits per heavy atom. The topological polar surface area (TPSA) is 116 Å². The quantitative estimate of drug-likeness (QED) is 0.159. The number of ketones is 1. The molecular formula is C38H49N3O8. The Morgan fingerprint density at radius 2 is 1.53 bits per heavy atom. The van der Waals surface area contributed by atoms with Crippen molar-refractivity contribution in [1.29, 1.82) is 0 Å². The van der Waals surface area contributed by atoms with Crippen LogP contribution in [0.1, 0.15) is 56.5 Å². The lowest BCUT2D eigenvalue weighted by Crippen LogP contribution is -2.53. The van der Waals surface area contributed by atoms with Crippen LogP contribution < -0.4 is 29.2 Å². The zero-order chi connectivity index (χ0) is 35.6. The molecule has 3 aromatic rings. The minimum absolute atomic E-state index is 0.116. The summed E-state index contributed by atoms with van der Waals surface area (Å²) in [6.07, 6.45) is 1.05. The summed E-state index contributed by atoms with van der Waals surface area (Å²) in [5.74, 6) is 1.57. The molecule has 0 aromatic heterocycles. The van der Waals surface area contributed by atoms with Crippen LogP contribution >= 0.6 is 0 Å². The third-order valence-corrected chi connectivity index (χ3v) is 8.32. The number of carbonyl (C=O) groups excluding carboxylic acids is 3. The maximum absolute atomic E-state index is 14.5. The number of carbonyl (C=O) groups is 3. The summed E-state index contributed by atoms with van der Waals surface area (Å²) in [5.41, 5.74) is 1.10. The molecule has 2 amide bonds. The van der Waals surface area contributed by atoms with Crippen molar-refractivity contribution >= 4 is 23.5 Å². The molecule has 49 heavy (non-hydrogen) atoms. The Hall–Kier alpha value is -4.93. The molecule has 1 aliphatic rings. The van der Waals surface area contributed by atoms with Crippen molar-refractivity contribution in [3.63, 3.8) is 0 Å². The molecule has 11 nitrogen and oxygen atoms in total. The molecule has 1 N–H and O–H groups in total. The van der Waals surface area contributed by atoms with Crippen LogP contribution in [0, 0.1) is 5.92 Å². The highest BCUT2D eigenvalue weighted by Gasteiger charge is 2.37. The van der Waals surface area contributed by atoms with Gasteiger partial charge in [-0.05, 0) is 95.0 Å². The summed E-state index contributed by atoms with van der Waals surface area (Å²) in [6.45, 7) is 9.35. The predicted molar refractivity (Wildman–Crippen MR) is 188 cm³/mol. The average molecular weight is 676 g/mol. The second-order valence-corrected chi connectivity index (χ2v) is 12.9. The molecule has 0 aliphatic carbocycles. The number of Topliss-reactive ketones (excluding diaryl/α,β-unsaturated/α-hetero) is 1. The number of likely N-dealkylation sites (tertiary alicyclic amines) is 1. The number of benzene rings is 3. The minimum Gasteiger partial charge on any atom is -0.497 e. The van der Waals surface area contributed by atoms with Crippen LogP contribution in [0.2, 0.25) is 0 Å². The highest BCUT2D eigenvalue weighted by atomic mass is 16.6. The fourth-order valence-electron chi connectivity index (χ4n) is 5.76. The molecule has 0 radical (unpaired) electrons. The van der Waals surface area contributed by atoms with E-state index in [1.165, 1.54) is 0 Å². The van der Waals surface area contributed by atoms with E-state index in [4.69, 9.17) is 23.7 Å². The number of methoxy groups -OCH3 is 3. The van der Waals surface area contributed by atoms with Crippen LogP contribution in [0.4, 0.5) is 10.5 Å². The number of hydrogen-bond donors (Lipinski definition) is 1. The lowest BCUT2D eigenvalue weighted by atomic mass is 9.96. The number of amides is 2. The highest BCUT2D eigenvalue weighted by Crippen LogP contribution is 2.35. The molecule has 1 heterocycles. The van der Waals surface area contributed by atoms with Crippen LogP contribution in [0.3, 0.4) is 0 Å². The van der Waals surface area contributed by atoms with Crippen LogP contribution in [-0.4, -0.2) is 81.9 Å². The molecule has 0 bridgehead atoms. The summed E-state index contributed by atoms with van der Waals surface area (Å²) in [5, 5.41) is 3.09. The van der Waals surface area contributed by atoms with Gasteiger partial charge in [0.25, 0.3) is 5.91 Å². The minimum atomic E-state index is -1.27. The number of hydrogen-bond acceptors (Lipinski definition) is 9. The monoisotopic (exact) mass is 675 g/mol. The van der Waals surface area contributed by atoms with E-state index in [0.29, 0.717) is 73.3 Å². The molecule has 1 fully saturated rings. The van der Waals surface area contributed by atoms with E-state index in [-0.39, 0.29) is 18.6 Å². The van der Waals surface area contributed by atoms with E-state index < -0.39 is 23.3 Å². The first kappa shape index (κ1) is 36.9. The molecule has 1 aliphatic heterocycles. The number of ether oxygens (including phenoxy) is 5. The Labute approximate surface area is 289 Å². The van der Waals surface area contributed by atoms with Gasteiger partial charge in [0.15, 0.2) is 11.8 Å². The maximum Gasteiger partial charge on any atom is 0.410 e. The van der Waals surface area contributed by atoms with Gasteiger partial charge in [0, 0.05) is 43.4 Å². The third-order valence-electron chi connectivity index (χ3n) is 8.32. The molecule has 3 aromatic carbocycles. The summed E-state index contributed by atoms with van der Waals surface area (Å²) < 4.78 is 28.0. The molecule has 0 spiro atoms. The Kier molecular flexibility index (Phi) is 12.8. The van der Waals surface area contributed by atoms with Gasteiger partial charge in [-0.25, -0.2) is 4.79 Å². The number of nitrogens with zero attached hydrogens (tertiary/aromatic N) is 2. The molecule has 0 saturated carbocycles. The zero-order valence-electron chi connectivity index (χ0n) is 29.6. The van der Waals surface area contributed by atoms with Gasteiger partial charge in [0.05, 0.1) is 33.6 Å². The van der Waals surface area contributed by atoms with Crippen LogP contribution in [0.25, 0.3) is 0 Å². The summed E-state index contributed by atoms with van der Waals surface area (Å²) in [4.78, 5) is 45.0. The van der Waals surface area contributed by atoms with Crippen molar-refractivity contribution < 1.29 is 38.1 Å². The van der Waals surface area contributed by atoms with Crippen molar-refractivity contribution in [2.24, 2.45) is 5.92 Å². The van der Waals surface area contributed by atoms with E-state index in [9.17, 15) is 14.4 Å². The first-order chi connectivity index (χ1) is 23.5. The Balaban J connectivity index is 1.68. The fourth-order valence-corrected chi connectivity index (χ4v) is 5.76. The fraction of sp³-hybridized carbons (Fsp3) is 0.447. The molecule has 264 valence electrons. The van der Waals surface area contributed by atoms with Gasteiger partial charge in [-0.2, -0.15) is 0 Å². The summed E-state index contributed by atoms with van der Waals surface area (Å²) >= 11 is 0. The van der Waals surface area contributed by atoms with Crippen molar-refractivity contribution in [1.82, 2.24) is 10.2 Å². The maximum atomic E-state index is 14.5. The number of piperidine rings is 1. The first-order valence-corrected chi connectivity index (χ1v) is 16.6. The van der Waals surface area contributed by atoms with Gasteiger partial charge in [0.1, 0.15) is 28.6 Å². The molecule has 4 rings (SSSR count). The summed E-state index contributed by atoms with van der Waals surface area (Å²) in [7, 11) is 4.70. The van der Waals surface area contributed by atoms with Crippen molar-refractivity contribution in [3.8, 4) is 23.0 Å².